The van der Waals surface area contributed by atoms with Crippen LogP contribution in [0.2, 0.25) is 0 Å². The number of carbonyl (C=O) groups is 1. The number of nitrogen functional groups attached to an aromatic ring is 1. The van der Waals surface area contributed by atoms with Crippen molar-refractivity contribution in [1.29, 1.82) is 0 Å². The van der Waals surface area contributed by atoms with Crippen molar-refractivity contribution in [2.75, 3.05) is 26.1 Å². The second kappa shape index (κ2) is 6.79. The maximum Gasteiger partial charge on any atom is 0.195 e. The highest BCUT2D eigenvalue weighted by atomic mass is 16.5. The lowest BCUT2D eigenvalue weighted by atomic mass is 9.71. The normalized spacial score (nSPS) is 15.7. The van der Waals surface area contributed by atoms with Crippen LogP contribution in [0.5, 0.6) is 11.5 Å². The van der Waals surface area contributed by atoms with E-state index >= 15 is 0 Å². The van der Waals surface area contributed by atoms with Crippen molar-refractivity contribution in [3.8, 4) is 11.5 Å². The second-order valence-electron chi connectivity index (χ2n) is 7.79. The minimum absolute atomic E-state index is 0.0747. The molecule has 0 spiro atoms. The summed E-state index contributed by atoms with van der Waals surface area (Å²) in [6, 6.07) is 8.96. The van der Waals surface area contributed by atoms with Crippen LogP contribution in [0.1, 0.15) is 41.0 Å². The zero-order valence-corrected chi connectivity index (χ0v) is 16.6. The van der Waals surface area contributed by atoms with E-state index in [4.69, 9.17) is 20.3 Å². The molecule has 0 bridgehead atoms. The van der Waals surface area contributed by atoms with Crippen molar-refractivity contribution in [3.05, 3.63) is 52.7 Å². The van der Waals surface area contributed by atoms with E-state index in [-0.39, 0.29) is 12.4 Å². The predicted octanol–water partition coefficient (Wildman–Crippen LogP) is 2.36. The number of anilines is 1. The smallest absolute Gasteiger partial charge is 0.195 e. The summed E-state index contributed by atoms with van der Waals surface area (Å²) in [6.45, 7) is 3.56. The molecular weight excluding hydrogens is 372 g/mol. The number of nitrogens with two attached hydrogens (primary N) is 1. The summed E-state index contributed by atoms with van der Waals surface area (Å²) in [5.74, 6) is 0.972. The molecular formula is C22H24N2O5. The molecule has 152 valence electrons. The summed E-state index contributed by atoms with van der Waals surface area (Å²) in [6.07, 6.45) is -1.02. The van der Waals surface area contributed by atoms with E-state index in [0.29, 0.717) is 39.2 Å². The summed E-state index contributed by atoms with van der Waals surface area (Å²) in [4.78, 5) is 16.7. The number of ketones is 1. The van der Waals surface area contributed by atoms with E-state index in [9.17, 15) is 9.90 Å². The Hall–Kier alpha value is -3.03. The maximum atomic E-state index is 13.4. The molecule has 0 unspecified atom stereocenters. The zero-order chi connectivity index (χ0) is 20.9. The van der Waals surface area contributed by atoms with Crippen LogP contribution < -0.4 is 15.2 Å². The minimum Gasteiger partial charge on any atom is -0.497 e. The average molecular weight is 396 g/mol. The molecule has 0 fully saturated rings. The van der Waals surface area contributed by atoms with Gasteiger partial charge in [0, 0.05) is 22.1 Å². The van der Waals surface area contributed by atoms with Gasteiger partial charge in [0.2, 0.25) is 0 Å². The van der Waals surface area contributed by atoms with Gasteiger partial charge in [-0.15, -0.1) is 0 Å². The first-order valence-corrected chi connectivity index (χ1v) is 9.39. The molecule has 0 aliphatic heterocycles. The Kier molecular flexibility index (Phi) is 4.52. The maximum absolute atomic E-state index is 13.4. The lowest BCUT2D eigenvalue weighted by Gasteiger charge is -2.32. The van der Waals surface area contributed by atoms with Crippen molar-refractivity contribution in [1.82, 2.24) is 4.98 Å². The zero-order valence-electron chi connectivity index (χ0n) is 16.6. The van der Waals surface area contributed by atoms with E-state index in [1.165, 1.54) is 0 Å². The fraction of sp³-hybridized carbons (Fsp3) is 0.318. The number of aromatic amines is 1. The molecule has 0 amide bonds. The molecule has 3 aromatic rings. The van der Waals surface area contributed by atoms with E-state index in [1.807, 2.05) is 19.9 Å². The summed E-state index contributed by atoms with van der Waals surface area (Å²) < 4.78 is 11.1. The minimum atomic E-state index is -1.02. The van der Waals surface area contributed by atoms with E-state index in [1.54, 1.807) is 31.4 Å². The molecule has 0 saturated carbocycles. The fourth-order valence-electron chi connectivity index (χ4n) is 3.98. The van der Waals surface area contributed by atoms with Gasteiger partial charge >= 0.3 is 0 Å². The lowest BCUT2D eigenvalue weighted by molar-refractivity contribution is 0.0543. The predicted molar refractivity (Wildman–Crippen MR) is 110 cm³/mol. The number of aromatic nitrogens is 1. The van der Waals surface area contributed by atoms with E-state index < -0.39 is 18.1 Å². The molecule has 1 atom stereocenters. The summed E-state index contributed by atoms with van der Waals surface area (Å²) in [5.41, 5.74) is 9.49. The molecule has 1 aromatic heterocycles. The van der Waals surface area contributed by atoms with Crippen LogP contribution in [0.3, 0.4) is 0 Å². The molecule has 7 heteroatoms. The molecule has 1 heterocycles. The van der Waals surface area contributed by atoms with Crippen LogP contribution >= 0.6 is 0 Å². The molecule has 2 aromatic carbocycles. The highest BCUT2D eigenvalue weighted by molar-refractivity contribution is 6.21. The highest BCUT2D eigenvalue weighted by Gasteiger charge is 2.40. The fourth-order valence-corrected chi connectivity index (χ4v) is 3.98. The highest BCUT2D eigenvalue weighted by Crippen LogP contribution is 2.46. The Bertz CT molecular complexity index is 1120. The van der Waals surface area contributed by atoms with Gasteiger partial charge in [-0.3, -0.25) is 4.79 Å². The van der Waals surface area contributed by atoms with Crippen LogP contribution in [-0.4, -0.2) is 47.4 Å². The Labute approximate surface area is 168 Å². The number of carbonyl (C=O) groups excluding carboxylic acids is 1. The Morgan fingerprint density at radius 2 is 2.00 bits per heavy atom. The van der Waals surface area contributed by atoms with E-state index in [2.05, 4.69) is 4.98 Å². The van der Waals surface area contributed by atoms with Gasteiger partial charge in [-0.25, -0.2) is 0 Å². The molecule has 7 nitrogen and oxygen atoms in total. The summed E-state index contributed by atoms with van der Waals surface area (Å²) in [5, 5.41) is 19.4. The summed E-state index contributed by atoms with van der Waals surface area (Å²) >= 11 is 0. The summed E-state index contributed by atoms with van der Waals surface area (Å²) in [7, 11) is 1.60. The number of methoxy groups -OCH3 is 1. The third-order valence-corrected chi connectivity index (χ3v) is 5.59. The molecule has 1 aliphatic rings. The van der Waals surface area contributed by atoms with Crippen LogP contribution in [0.4, 0.5) is 5.69 Å². The van der Waals surface area contributed by atoms with Crippen LogP contribution in [-0.2, 0) is 5.41 Å². The van der Waals surface area contributed by atoms with Crippen LogP contribution in [0.15, 0.2) is 30.3 Å². The third-order valence-electron chi connectivity index (χ3n) is 5.59. The first-order valence-electron chi connectivity index (χ1n) is 9.39. The Morgan fingerprint density at radius 1 is 1.24 bits per heavy atom. The Balaban J connectivity index is 1.93. The SMILES string of the molecule is COc1ccc2c(c1)C(C)(C)c1[nH]c3c(OC[C@@H](O)CO)c(N)ccc3c1C2=O. The molecule has 5 N–H and O–H groups in total. The number of hydrogen-bond acceptors (Lipinski definition) is 6. The molecule has 1 aliphatic carbocycles. The van der Waals surface area contributed by atoms with Crippen molar-refractivity contribution >= 4 is 22.4 Å². The van der Waals surface area contributed by atoms with Crippen molar-refractivity contribution < 1.29 is 24.5 Å². The van der Waals surface area contributed by atoms with Gasteiger partial charge in [-0.1, -0.05) is 13.8 Å². The number of aliphatic hydroxyl groups excluding tert-OH is 2. The topological polar surface area (TPSA) is 118 Å². The quantitative estimate of drug-likeness (QED) is 0.492. The molecule has 0 saturated heterocycles. The monoisotopic (exact) mass is 396 g/mol. The first-order chi connectivity index (χ1) is 13.8. The van der Waals surface area contributed by atoms with Gasteiger partial charge < -0.3 is 30.4 Å². The third kappa shape index (κ3) is 2.85. The number of aliphatic hydroxyl groups is 2. The van der Waals surface area contributed by atoms with Gasteiger partial charge in [0.1, 0.15) is 18.5 Å². The largest absolute Gasteiger partial charge is 0.497 e. The number of hydrogen-bond donors (Lipinski definition) is 4. The second-order valence-corrected chi connectivity index (χ2v) is 7.79. The Morgan fingerprint density at radius 3 is 2.69 bits per heavy atom. The van der Waals surface area contributed by atoms with Crippen molar-refractivity contribution in [3.63, 3.8) is 0 Å². The number of ether oxygens (including phenoxy) is 2. The number of rotatable bonds is 5. The van der Waals surface area contributed by atoms with Gasteiger partial charge in [0.05, 0.1) is 30.5 Å². The van der Waals surface area contributed by atoms with Crippen molar-refractivity contribution in [2.45, 2.75) is 25.4 Å². The first kappa shape index (κ1) is 19.3. The van der Waals surface area contributed by atoms with Crippen LogP contribution in [0, 0.1) is 0 Å². The van der Waals surface area contributed by atoms with Crippen molar-refractivity contribution in [2.24, 2.45) is 0 Å². The van der Waals surface area contributed by atoms with Crippen LogP contribution in [0.25, 0.3) is 10.9 Å². The molecule has 29 heavy (non-hydrogen) atoms. The number of benzene rings is 2. The number of fused-ring (bicyclic) bond motifs is 4. The molecule has 0 radical (unpaired) electrons. The average Bonchev–Trinajstić information content (AvgIpc) is 3.11. The van der Waals surface area contributed by atoms with E-state index in [0.717, 1.165) is 11.3 Å². The van der Waals surface area contributed by atoms with Gasteiger partial charge in [-0.05, 0) is 35.9 Å². The lowest BCUT2D eigenvalue weighted by Crippen LogP contribution is -2.30. The van der Waals surface area contributed by atoms with Gasteiger partial charge in [-0.2, -0.15) is 0 Å². The number of H-pyrrole nitrogens is 1. The standard InChI is InChI=1S/C22H24N2O5/c1-22(2)15-8-12(28-3)4-5-13(15)19(27)17-14-6-7-16(23)20(18(14)24-21(17)22)29-10-11(26)9-25/h4-8,11,24-26H,9-10,23H2,1-3H3/t11-/m0/s1. The van der Waals surface area contributed by atoms with Gasteiger partial charge in [0.15, 0.2) is 11.5 Å². The molecule has 4 rings (SSSR count). The number of nitrogens with one attached hydrogen (secondary N) is 1. The van der Waals surface area contributed by atoms with Gasteiger partial charge in [0.25, 0.3) is 0 Å².